The van der Waals surface area contributed by atoms with Gasteiger partial charge >= 0.3 is 26.2 Å². The molecule has 0 aliphatic carbocycles. The minimum absolute atomic E-state index is 0. The Morgan fingerprint density at radius 1 is 0.769 bits per heavy atom. The van der Waals surface area contributed by atoms with Gasteiger partial charge in [0.25, 0.3) is 11.0 Å². The fraction of sp³-hybridized carbons (Fsp3) is 0.300. The van der Waals surface area contributed by atoms with Crippen LogP contribution in [0.1, 0.15) is 72.8 Å². The molecule has 6 heteroatoms. The van der Waals surface area contributed by atoms with Crippen molar-refractivity contribution in [1.82, 2.24) is 0 Å². The Bertz CT molecular complexity index is 763. The minimum Gasteiger partial charge on any atom is -1.00 e. The fourth-order valence-corrected chi connectivity index (χ4v) is 3.65. The number of benzene rings is 2. The molecule has 26 heavy (non-hydrogen) atoms. The van der Waals surface area contributed by atoms with E-state index in [-0.39, 0.29) is 43.2 Å². The summed E-state index contributed by atoms with van der Waals surface area (Å²) in [5, 5.41) is 0. The van der Waals surface area contributed by atoms with E-state index >= 15 is 0 Å². The number of rotatable bonds is 6. The molecule has 2 rings (SSSR count). The third-order valence-electron chi connectivity index (χ3n) is 4.20. The van der Waals surface area contributed by atoms with E-state index in [1.807, 2.05) is 27.7 Å². The van der Waals surface area contributed by atoms with Crippen molar-refractivity contribution in [3.63, 3.8) is 0 Å². The molecule has 4 nitrogen and oxygen atoms in total. The first-order valence-corrected chi connectivity index (χ1v) is 9.93. The van der Waals surface area contributed by atoms with Crippen LogP contribution in [-0.2, 0) is 4.57 Å². The van der Waals surface area contributed by atoms with Gasteiger partial charge in [-0.1, -0.05) is 76.2 Å². The molecular weight excluding hydrogens is 342 g/mol. The van der Waals surface area contributed by atoms with Gasteiger partial charge in [-0.05, 0) is 23.0 Å². The summed E-state index contributed by atoms with van der Waals surface area (Å²) in [7, 11) is -4.67. The molecule has 0 radical (unpaired) electrons. The van der Waals surface area contributed by atoms with Gasteiger partial charge < -0.3 is 6.32 Å². The first-order valence-electron chi connectivity index (χ1n) is 8.27. The SMILES string of the molecule is CC(C)c1ccc(C(=O)P(=O)(O)C(=O)c2ccc(C(C)C)cc2)cc1.[H-].[Li+]. The third-order valence-corrected chi connectivity index (χ3v) is 5.82. The topological polar surface area (TPSA) is 71.4 Å². The zero-order valence-corrected chi connectivity index (χ0v) is 16.8. The van der Waals surface area contributed by atoms with Gasteiger partial charge in [-0.15, -0.1) is 0 Å². The second-order valence-electron chi connectivity index (χ2n) is 6.74. The van der Waals surface area contributed by atoms with E-state index in [1.165, 1.54) is 24.3 Å². The quantitative estimate of drug-likeness (QED) is 0.629. The summed E-state index contributed by atoms with van der Waals surface area (Å²) in [6.07, 6.45) is 0. The van der Waals surface area contributed by atoms with Crippen LogP contribution in [0, 0.1) is 0 Å². The maximum absolute atomic E-state index is 12.5. The molecule has 1 N–H and O–H groups in total. The molecule has 0 amide bonds. The first kappa shape index (κ1) is 22.6. The maximum atomic E-state index is 12.5. The van der Waals surface area contributed by atoms with Gasteiger partial charge in [0, 0.05) is 11.1 Å². The molecule has 0 fully saturated rings. The number of carbonyl (C=O) groups is 2. The number of hydrogen-bond acceptors (Lipinski definition) is 3. The second-order valence-corrected chi connectivity index (χ2v) is 8.70. The van der Waals surface area contributed by atoms with Crippen LogP contribution >= 0.6 is 7.37 Å². The maximum Gasteiger partial charge on any atom is 1.00 e. The van der Waals surface area contributed by atoms with Gasteiger partial charge in [0.15, 0.2) is 0 Å². The Hall–Kier alpha value is -1.43. The van der Waals surface area contributed by atoms with Crippen molar-refractivity contribution in [3.8, 4) is 0 Å². The van der Waals surface area contributed by atoms with Gasteiger partial charge in [-0.3, -0.25) is 14.2 Å². The molecule has 0 aliphatic rings. The van der Waals surface area contributed by atoms with Crippen LogP contribution in [0.2, 0.25) is 0 Å². The van der Waals surface area contributed by atoms with Crippen LogP contribution in [-0.4, -0.2) is 15.9 Å². The molecular formula is C20H24LiO4P. The van der Waals surface area contributed by atoms with Crippen molar-refractivity contribution >= 4 is 18.4 Å². The zero-order valence-electron chi connectivity index (χ0n) is 16.9. The van der Waals surface area contributed by atoms with Gasteiger partial charge in [-0.25, -0.2) is 0 Å². The number of carbonyl (C=O) groups excluding carboxylic acids is 2. The molecule has 0 aliphatic heterocycles. The second kappa shape index (κ2) is 8.98. The van der Waals surface area contributed by atoms with Crippen LogP contribution in [0.15, 0.2) is 48.5 Å². The molecule has 2 aromatic carbocycles. The van der Waals surface area contributed by atoms with E-state index in [0.717, 1.165) is 11.1 Å². The summed E-state index contributed by atoms with van der Waals surface area (Å²) in [5.41, 5.74) is 0.117. The molecule has 134 valence electrons. The molecule has 0 unspecified atom stereocenters. The largest absolute Gasteiger partial charge is 1.00 e. The Labute approximate surface area is 168 Å². The van der Waals surface area contributed by atoms with Gasteiger partial charge in [0.1, 0.15) is 0 Å². The summed E-state index contributed by atoms with van der Waals surface area (Å²) in [5.74, 6) is 0.567. The average Bonchev–Trinajstić information content (AvgIpc) is 2.60. The van der Waals surface area contributed by atoms with Crippen LogP contribution in [0.4, 0.5) is 0 Å². The minimum atomic E-state index is -4.67. The van der Waals surface area contributed by atoms with Gasteiger partial charge in [0.2, 0.25) is 0 Å². The van der Waals surface area contributed by atoms with E-state index in [1.54, 1.807) is 24.3 Å². The van der Waals surface area contributed by atoms with Crippen molar-refractivity contribution in [2.45, 2.75) is 39.5 Å². The first-order chi connectivity index (χ1) is 11.6. The van der Waals surface area contributed by atoms with Gasteiger partial charge in [-0.2, -0.15) is 0 Å². The van der Waals surface area contributed by atoms with E-state index in [4.69, 9.17) is 0 Å². The predicted molar refractivity (Wildman–Crippen MR) is 101 cm³/mol. The van der Waals surface area contributed by atoms with Crippen molar-refractivity contribution in [2.24, 2.45) is 0 Å². The molecule has 0 atom stereocenters. The average molecular weight is 366 g/mol. The summed E-state index contributed by atoms with van der Waals surface area (Å²) in [4.78, 5) is 35.0. The number of hydrogen-bond donors (Lipinski definition) is 1. The van der Waals surface area contributed by atoms with Crippen LogP contribution in [0.5, 0.6) is 0 Å². The van der Waals surface area contributed by atoms with E-state index in [0.29, 0.717) is 0 Å². The summed E-state index contributed by atoms with van der Waals surface area (Å²) in [6.45, 7) is 8.05. The summed E-state index contributed by atoms with van der Waals surface area (Å²) < 4.78 is 12.5. The summed E-state index contributed by atoms with van der Waals surface area (Å²) >= 11 is 0. The molecule has 0 aromatic heterocycles. The van der Waals surface area contributed by atoms with E-state index in [2.05, 4.69) is 0 Å². The molecule has 0 saturated carbocycles. The van der Waals surface area contributed by atoms with Crippen LogP contribution in [0.25, 0.3) is 0 Å². The Balaban J connectivity index is 0.00000338. The predicted octanol–water partition coefficient (Wildman–Crippen LogP) is 2.30. The normalized spacial score (nSPS) is 11.3. The van der Waals surface area contributed by atoms with E-state index in [9.17, 15) is 19.0 Å². The summed E-state index contributed by atoms with van der Waals surface area (Å²) in [6, 6.07) is 12.9. The third kappa shape index (κ3) is 4.84. The van der Waals surface area contributed by atoms with Crippen molar-refractivity contribution in [3.05, 3.63) is 70.8 Å². The smallest absolute Gasteiger partial charge is 1.00 e. The van der Waals surface area contributed by atoms with Crippen molar-refractivity contribution < 1.29 is 39.3 Å². The standard InChI is InChI=1S/C20H23O4P.Li.H/c1-13(2)15-5-9-17(10-6-15)19(21)25(23,24)20(22)18-11-7-16(8-12-18)14(3)4;;/h5-14H,1-4H3,(H,23,24);;/q;+1;-1. The van der Waals surface area contributed by atoms with Crippen LogP contribution < -0.4 is 18.9 Å². The molecule has 0 heterocycles. The van der Waals surface area contributed by atoms with Gasteiger partial charge in [0.05, 0.1) is 0 Å². The molecule has 0 spiro atoms. The molecule has 0 saturated heterocycles. The Kier molecular flexibility index (Phi) is 7.81. The van der Waals surface area contributed by atoms with Crippen LogP contribution in [0.3, 0.4) is 0 Å². The molecule has 0 bridgehead atoms. The van der Waals surface area contributed by atoms with E-state index < -0.39 is 18.4 Å². The Morgan fingerprint density at radius 2 is 1.04 bits per heavy atom. The monoisotopic (exact) mass is 366 g/mol. The molecule has 2 aromatic rings. The fourth-order valence-electron chi connectivity index (χ4n) is 2.46. The zero-order chi connectivity index (χ0) is 18.8. The van der Waals surface area contributed by atoms with Crippen molar-refractivity contribution in [1.29, 1.82) is 0 Å². The van der Waals surface area contributed by atoms with Crippen molar-refractivity contribution in [2.75, 3.05) is 0 Å². The Morgan fingerprint density at radius 3 is 1.27 bits per heavy atom.